The molecule has 3 rings (SSSR count). The first-order valence-corrected chi connectivity index (χ1v) is 8.22. The molecule has 0 radical (unpaired) electrons. The standard InChI is InChI=1S/C17H16ClFN6O/c1-11-4-7-25(24-11)16-9-15(22-10-23-16)20-5-6-21-17(26)13-3-2-12(19)8-14(13)18/h2-4,7-10H,5-6H2,1H3,(H,21,26)(H,20,22,23). The van der Waals surface area contributed by atoms with E-state index >= 15 is 0 Å². The van der Waals surface area contributed by atoms with Crippen LogP contribution in [0.1, 0.15) is 16.1 Å². The quantitative estimate of drug-likeness (QED) is 0.648. The molecule has 0 aliphatic rings. The third-order valence-corrected chi connectivity index (χ3v) is 3.81. The summed E-state index contributed by atoms with van der Waals surface area (Å²) < 4.78 is 14.7. The minimum Gasteiger partial charge on any atom is -0.368 e. The summed E-state index contributed by atoms with van der Waals surface area (Å²) in [6.07, 6.45) is 3.25. The average molecular weight is 375 g/mol. The van der Waals surface area contributed by atoms with E-state index in [1.807, 2.05) is 19.2 Å². The molecule has 9 heteroatoms. The number of carbonyl (C=O) groups is 1. The molecule has 0 atom stereocenters. The molecule has 2 aromatic heterocycles. The lowest BCUT2D eigenvalue weighted by molar-refractivity contribution is 0.0955. The molecule has 26 heavy (non-hydrogen) atoms. The Bertz CT molecular complexity index is 929. The lowest BCUT2D eigenvalue weighted by Gasteiger charge is -2.09. The molecule has 0 bridgehead atoms. The maximum absolute atomic E-state index is 13.0. The van der Waals surface area contributed by atoms with Crippen LogP contribution in [-0.4, -0.2) is 38.7 Å². The van der Waals surface area contributed by atoms with Crippen LogP contribution in [-0.2, 0) is 0 Å². The molecule has 7 nitrogen and oxygen atoms in total. The Balaban J connectivity index is 1.53. The van der Waals surface area contributed by atoms with Gasteiger partial charge in [0.25, 0.3) is 5.91 Å². The zero-order valence-corrected chi connectivity index (χ0v) is 14.7. The highest BCUT2D eigenvalue weighted by Gasteiger charge is 2.10. The number of hydrogen-bond acceptors (Lipinski definition) is 5. The molecule has 0 aliphatic carbocycles. The van der Waals surface area contributed by atoms with Crippen LogP contribution in [0.4, 0.5) is 10.2 Å². The van der Waals surface area contributed by atoms with Gasteiger partial charge in [0.05, 0.1) is 16.3 Å². The van der Waals surface area contributed by atoms with Gasteiger partial charge in [-0.05, 0) is 31.2 Å². The van der Waals surface area contributed by atoms with Crippen molar-refractivity contribution in [2.24, 2.45) is 0 Å². The van der Waals surface area contributed by atoms with Crippen LogP contribution in [0.5, 0.6) is 0 Å². The zero-order chi connectivity index (χ0) is 18.5. The molecule has 0 unspecified atom stereocenters. The summed E-state index contributed by atoms with van der Waals surface area (Å²) in [5.74, 6) is 0.391. The SMILES string of the molecule is Cc1ccn(-c2cc(NCCNC(=O)c3ccc(F)cc3Cl)ncn2)n1. The van der Waals surface area contributed by atoms with E-state index in [1.165, 1.54) is 18.5 Å². The Morgan fingerprint density at radius 2 is 2.08 bits per heavy atom. The second kappa shape index (κ2) is 7.92. The van der Waals surface area contributed by atoms with Crippen molar-refractivity contribution in [2.45, 2.75) is 6.92 Å². The van der Waals surface area contributed by atoms with Crippen LogP contribution >= 0.6 is 11.6 Å². The van der Waals surface area contributed by atoms with E-state index in [1.54, 1.807) is 10.7 Å². The molecule has 0 saturated heterocycles. The van der Waals surface area contributed by atoms with Crippen molar-refractivity contribution in [3.8, 4) is 5.82 Å². The number of nitrogens with zero attached hydrogens (tertiary/aromatic N) is 4. The Morgan fingerprint density at radius 3 is 2.81 bits per heavy atom. The Labute approximate surface area is 154 Å². The molecule has 2 heterocycles. The van der Waals surface area contributed by atoms with Gasteiger partial charge in [0, 0.05) is 25.4 Å². The van der Waals surface area contributed by atoms with Crippen molar-refractivity contribution < 1.29 is 9.18 Å². The Kier molecular flexibility index (Phi) is 5.43. The number of carbonyl (C=O) groups excluding carboxylic acids is 1. The van der Waals surface area contributed by atoms with Crippen LogP contribution in [0, 0.1) is 12.7 Å². The largest absolute Gasteiger partial charge is 0.368 e. The number of nitrogens with one attached hydrogen (secondary N) is 2. The van der Waals surface area contributed by atoms with E-state index in [4.69, 9.17) is 11.6 Å². The number of hydrogen-bond donors (Lipinski definition) is 2. The maximum Gasteiger partial charge on any atom is 0.252 e. The van der Waals surface area contributed by atoms with Gasteiger partial charge in [0.2, 0.25) is 0 Å². The number of benzene rings is 1. The van der Waals surface area contributed by atoms with E-state index < -0.39 is 5.82 Å². The van der Waals surface area contributed by atoms with Crippen molar-refractivity contribution in [3.63, 3.8) is 0 Å². The minimum absolute atomic E-state index is 0.0745. The molecular formula is C17H16ClFN6O. The number of aryl methyl sites for hydroxylation is 1. The highest BCUT2D eigenvalue weighted by molar-refractivity contribution is 6.33. The maximum atomic E-state index is 13.0. The minimum atomic E-state index is -0.486. The highest BCUT2D eigenvalue weighted by Crippen LogP contribution is 2.16. The molecule has 134 valence electrons. The first-order valence-electron chi connectivity index (χ1n) is 7.85. The summed E-state index contributed by atoms with van der Waals surface area (Å²) >= 11 is 5.87. The summed E-state index contributed by atoms with van der Waals surface area (Å²) in [6, 6.07) is 7.28. The number of halogens is 2. The van der Waals surface area contributed by atoms with Crippen molar-refractivity contribution >= 4 is 23.3 Å². The summed E-state index contributed by atoms with van der Waals surface area (Å²) in [5.41, 5.74) is 1.12. The fourth-order valence-corrected chi connectivity index (χ4v) is 2.50. The zero-order valence-electron chi connectivity index (χ0n) is 13.9. The smallest absolute Gasteiger partial charge is 0.252 e. The summed E-state index contributed by atoms with van der Waals surface area (Å²) in [5, 5.41) is 10.2. The van der Waals surface area contributed by atoms with E-state index in [0.717, 1.165) is 11.8 Å². The molecule has 0 saturated carbocycles. The van der Waals surface area contributed by atoms with Gasteiger partial charge in [-0.1, -0.05) is 11.6 Å². The van der Waals surface area contributed by atoms with Crippen LogP contribution in [0.3, 0.4) is 0 Å². The van der Waals surface area contributed by atoms with Crippen molar-refractivity contribution in [2.75, 3.05) is 18.4 Å². The molecule has 0 fully saturated rings. The van der Waals surface area contributed by atoms with Crippen LogP contribution in [0.25, 0.3) is 5.82 Å². The lowest BCUT2D eigenvalue weighted by atomic mass is 10.2. The number of amides is 1. The van der Waals surface area contributed by atoms with Gasteiger partial charge < -0.3 is 10.6 Å². The highest BCUT2D eigenvalue weighted by atomic mass is 35.5. The van der Waals surface area contributed by atoms with E-state index in [9.17, 15) is 9.18 Å². The molecular weight excluding hydrogens is 359 g/mol. The van der Waals surface area contributed by atoms with Crippen LogP contribution < -0.4 is 10.6 Å². The Morgan fingerprint density at radius 1 is 1.23 bits per heavy atom. The van der Waals surface area contributed by atoms with Gasteiger partial charge in [0.15, 0.2) is 5.82 Å². The fourth-order valence-electron chi connectivity index (χ4n) is 2.25. The van der Waals surface area contributed by atoms with Gasteiger partial charge in [-0.2, -0.15) is 5.10 Å². The van der Waals surface area contributed by atoms with Gasteiger partial charge in [-0.15, -0.1) is 0 Å². The molecule has 1 amide bonds. The number of rotatable bonds is 6. The second-order valence-electron chi connectivity index (χ2n) is 5.47. The molecule has 1 aromatic carbocycles. The summed E-state index contributed by atoms with van der Waals surface area (Å²) in [6.45, 7) is 2.68. The number of aromatic nitrogens is 4. The average Bonchev–Trinajstić information content (AvgIpc) is 3.05. The van der Waals surface area contributed by atoms with Crippen molar-refractivity contribution in [1.29, 1.82) is 0 Å². The molecule has 0 spiro atoms. The van der Waals surface area contributed by atoms with Crippen LogP contribution in [0.2, 0.25) is 5.02 Å². The normalized spacial score (nSPS) is 10.6. The first-order chi connectivity index (χ1) is 12.5. The van der Waals surface area contributed by atoms with E-state index in [-0.39, 0.29) is 16.5 Å². The predicted molar refractivity (Wildman–Crippen MR) is 96.1 cm³/mol. The van der Waals surface area contributed by atoms with Crippen molar-refractivity contribution in [1.82, 2.24) is 25.1 Å². The Hall–Kier alpha value is -3.00. The molecule has 2 N–H and O–H groups in total. The summed E-state index contributed by atoms with van der Waals surface area (Å²) in [7, 11) is 0. The van der Waals surface area contributed by atoms with E-state index in [0.29, 0.717) is 24.7 Å². The lowest BCUT2D eigenvalue weighted by Crippen LogP contribution is -2.29. The third-order valence-electron chi connectivity index (χ3n) is 3.50. The van der Waals surface area contributed by atoms with Gasteiger partial charge in [-0.25, -0.2) is 19.0 Å². The molecule has 0 aliphatic heterocycles. The van der Waals surface area contributed by atoms with Crippen LogP contribution in [0.15, 0.2) is 42.9 Å². The van der Waals surface area contributed by atoms with E-state index in [2.05, 4.69) is 25.7 Å². The van der Waals surface area contributed by atoms with Gasteiger partial charge in [-0.3, -0.25) is 4.79 Å². The molecule has 3 aromatic rings. The second-order valence-corrected chi connectivity index (χ2v) is 5.88. The van der Waals surface area contributed by atoms with Gasteiger partial charge >= 0.3 is 0 Å². The third kappa shape index (κ3) is 4.34. The van der Waals surface area contributed by atoms with Crippen molar-refractivity contribution in [3.05, 3.63) is 65.0 Å². The van der Waals surface area contributed by atoms with Gasteiger partial charge in [0.1, 0.15) is 18.0 Å². The summed E-state index contributed by atoms with van der Waals surface area (Å²) in [4.78, 5) is 20.3. The topological polar surface area (TPSA) is 84.7 Å². The predicted octanol–water partition coefficient (Wildman–Crippen LogP) is 2.61. The monoisotopic (exact) mass is 374 g/mol. The number of anilines is 1. The fraction of sp³-hybridized carbons (Fsp3) is 0.176. The first kappa shape index (κ1) is 17.8.